The molecule has 0 saturated heterocycles. The quantitative estimate of drug-likeness (QED) is 0.138. The number of amides is 1. The molecule has 0 aliphatic carbocycles. The molecule has 0 aliphatic rings. The molecule has 0 fully saturated rings. The Balaban J connectivity index is 1.68. The third-order valence-corrected chi connectivity index (χ3v) is 6.71. The molecule has 3 aromatic rings. The van der Waals surface area contributed by atoms with Crippen molar-refractivity contribution in [2.24, 2.45) is 0 Å². The van der Waals surface area contributed by atoms with E-state index >= 15 is 0 Å². The van der Waals surface area contributed by atoms with Crippen molar-refractivity contribution in [2.45, 2.75) is 77.7 Å². The average Bonchev–Trinajstić information content (AvgIpc) is 3.45. The molecule has 1 heterocycles. The summed E-state index contributed by atoms with van der Waals surface area (Å²) in [4.78, 5) is 15.2. The lowest BCUT2D eigenvalue weighted by Crippen LogP contribution is -2.16. The molecule has 0 spiro atoms. The Morgan fingerprint density at radius 3 is 2.02 bits per heavy atom. The van der Waals surface area contributed by atoms with Crippen LogP contribution in [0, 0.1) is 0 Å². The number of aryl methyl sites for hydroxylation is 1. The zero-order valence-corrected chi connectivity index (χ0v) is 24.3. The van der Waals surface area contributed by atoms with E-state index < -0.39 is 5.91 Å². The zero-order valence-electron chi connectivity index (χ0n) is 24.3. The lowest BCUT2D eigenvalue weighted by atomic mass is 10.1. The molecule has 1 aromatic heterocycles. The van der Waals surface area contributed by atoms with Gasteiger partial charge >= 0.3 is 0 Å². The molecule has 1 amide bonds. The molecule has 0 atom stereocenters. The van der Waals surface area contributed by atoms with E-state index in [-0.39, 0.29) is 11.4 Å². The van der Waals surface area contributed by atoms with Gasteiger partial charge in [-0.05, 0) is 23.3 Å². The van der Waals surface area contributed by atoms with Gasteiger partial charge in [0.1, 0.15) is 22.9 Å². The van der Waals surface area contributed by atoms with Crippen molar-refractivity contribution >= 4 is 23.2 Å². The maximum absolute atomic E-state index is 13.6. The minimum absolute atomic E-state index is 0.250. The fourth-order valence-electron chi connectivity index (χ4n) is 4.44. The Labute approximate surface area is 237 Å². The van der Waals surface area contributed by atoms with Crippen LogP contribution in [-0.4, -0.2) is 47.4 Å². The maximum atomic E-state index is 13.6. The molecule has 9 nitrogen and oxygen atoms in total. The summed E-state index contributed by atoms with van der Waals surface area (Å²) in [6, 6.07) is 12.9. The number of carbonyl (C=O) groups is 1. The second kappa shape index (κ2) is 16.9. The van der Waals surface area contributed by atoms with Gasteiger partial charge in [-0.25, -0.2) is 0 Å². The number of hydrogen-bond acceptors (Lipinski definition) is 7. The first-order chi connectivity index (χ1) is 19.6. The molecule has 2 aromatic carbocycles. The van der Waals surface area contributed by atoms with Gasteiger partial charge in [0.25, 0.3) is 5.91 Å². The number of aromatic nitrogens is 4. The first-order valence-electron chi connectivity index (χ1n) is 14.3. The van der Waals surface area contributed by atoms with E-state index in [9.17, 15) is 4.79 Å². The highest BCUT2D eigenvalue weighted by atomic mass is 16.5. The van der Waals surface area contributed by atoms with E-state index in [1.807, 2.05) is 30.3 Å². The molecular formula is C31H43N5O4. The fourth-order valence-corrected chi connectivity index (χ4v) is 4.44. The number of unbranched alkanes of at least 4 members (excludes halogenated alkanes) is 9. The number of rotatable bonds is 18. The summed E-state index contributed by atoms with van der Waals surface area (Å²) in [5.41, 5.74) is 1.50. The van der Waals surface area contributed by atoms with E-state index in [2.05, 4.69) is 27.7 Å². The van der Waals surface area contributed by atoms with Crippen LogP contribution in [0.4, 0.5) is 5.69 Å². The van der Waals surface area contributed by atoms with Crippen molar-refractivity contribution in [3.8, 4) is 17.2 Å². The molecule has 1 N–H and O–H groups in total. The second-order valence-corrected chi connectivity index (χ2v) is 9.72. The number of methoxy groups -OCH3 is 3. The van der Waals surface area contributed by atoms with Crippen LogP contribution in [0.15, 0.2) is 42.5 Å². The van der Waals surface area contributed by atoms with Crippen LogP contribution in [0.3, 0.4) is 0 Å². The number of anilines is 1. The van der Waals surface area contributed by atoms with E-state index in [0.29, 0.717) is 29.5 Å². The number of ether oxygens (including phenoxy) is 3. The summed E-state index contributed by atoms with van der Waals surface area (Å²) in [7, 11) is 4.59. The van der Waals surface area contributed by atoms with Gasteiger partial charge in [-0.15, -0.1) is 10.2 Å². The van der Waals surface area contributed by atoms with Gasteiger partial charge in [-0.1, -0.05) is 95.0 Å². The third-order valence-electron chi connectivity index (χ3n) is 6.71. The van der Waals surface area contributed by atoms with Crippen molar-refractivity contribution in [1.82, 2.24) is 20.2 Å². The first kappa shape index (κ1) is 30.7. The van der Waals surface area contributed by atoms with Crippen LogP contribution in [-0.2, 0) is 11.3 Å². The number of nitrogens with one attached hydrogen (secondary N) is 1. The van der Waals surface area contributed by atoms with Crippen molar-refractivity contribution in [3.05, 3.63) is 53.9 Å². The molecule has 216 valence electrons. The highest BCUT2D eigenvalue weighted by Gasteiger charge is 2.22. The summed E-state index contributed by atoms with van der Waals surface area (Å²) in [5, 5.41) is 15.9. The first-order valence-corrected chi connectivity index (χ1v) is 14.3. The molecule has 0 unspecified atom stereocenters. The van der Waals surface area contributed by atoms with Crippen molar-refractivity contribution in [3.63, 3.8) is 0 Å². The van der Waals surface area contributed by atoms with Crippen LogP contribution in [0.5, 0.6) is 17.2 Å². The van der Waals surface area contributed by atoms with Crippen molar-refractivity contribution in [1.29, 1.82) is 0 Å². The summed E-state index contributed by atoms with van der Waals surface area (Å²) < 4.78 is 16.3. The Morgan fingerprint density at radius 1 is 0.850 bits per heavy atom. The summed E-state index contributed by atoms with van der Waals surface area (Å²) in [6.45, 7) is 2.91. The van der Waals surface area contributed by atoms with Crippen molar-refractivity contribution in [2.75, 3.05) is 26.6 Å². The van der Waals surface area contributed by atoms with Crippen LogP contribution in [0.25, 0.3) is 11.6 Å². The summed E-state index contributed by atoms with van der Waals surface area (Å²) in [5.74, 6) is 1.19. The van der Waals surface area contributed by atoms with E-state index in [1.54, 1.807) is 30.1 Å². The van der Waals surface area contributed by atoms with Crippen LogP contribution >= 0.6 is 0 Å². The molecule has 40 heavy (non-hydrogen) atoms. The molecule has 0 bridgehead atoms. The Hall–Kier alpha value is -3.88. The van der Waals surface area contributed by atoms with Crippen LogP contribution in [0.1, 0.15) is 82.5 Å². The summed E-state index contributed by atoms with van der Waals surface area (Å²) in [6.07, 6.45) is 14.3. The average molecular weight is 550 g/mol. The minimum Gasteiger partial charge on any atom is -0.496 e. The lowest BCUT2D eigenvalue weighted by Gasteiger charge is -2.16. The van der Waals surface area contributed by atoms with Gasteiger partial charge in [0.15, 0.2) is 0 Å². The Kier molecular flexibility index (Phi) is 13.0. The molecule has 0 saturated carbocycles. The number of hydrogen-bond donors (Lipinski definition) is 1. The van der Waals surface area contributed by atoms with Gasteiger partial charge in [-0.2, -0.15) is 4.80 Å². The van der Waals surface area contributed by atoms with E-state index in [0.717, 1.165) is 18.4 Å². The van der Waals surface area contributed by atoms with Crippen LogP contribution in [0.2, 0.25) is 0 Å². The second-order valence-electron chi connectivity index (χ2n) is 9.72. The van der Waals surface area contributed by atoms with Gasteiger partial charge in [0.05, 0.1) is 33.4 Å². The smallest absolute Gasteiger partial charge is 0.259 e. The normalized spacial score (nSPS) is 11.3. The highest BCUT2D eigenvalue weighted by molar-refractivity contribution is 6.28. The van der Waals surface area contributed by atoms with Gasteiger partial charge in [-0.3, -0.25) is 4.79 Å². The number of nitrogens with zero attached hydrogens (tertiary/aromatic N) is 4. The maximum Gasteiger partial charge on any atom is 0.259 e. The van der Waals surface area contributed by atoms with Crippen LogP contribution < -0.4 is 19.5 Å². The Morgan fingerprint density at radius 2 is 1.45 bits per heavy atom. The topological polar surface area (TPSA) is 100 Å². The molecular weight excluding hydrogens is 506 g/mol. The third kappa shape index (κ3) is 9.39. The number of carbonyl (C=O) groups excluding carboxylic acids is 1. The molecule has 0 aliphatic heterocycles. The van der Waals surface area contributed by atoms with Gasteiger partial charge in [0.2, 0.25) is 5.82 Å². The molecule has 0 radical (unpaired) electrons. The predicted octanol–water partition coefficient (Wildman–Crippen LogP) is 6.80. The van der Waals surface area contributed by atoms with Gasteiger partial charge < -0.3 is 19.5 Å². The molecule has 3 rings (SSSR count). The SMILES string of the molecule is CCCCCCCCCCCCn1nnc(/C(=C/c2ccccc2)C(=O)Nc2c(OC)cc(OC)cc2OC)n1. The van der Waals surface area contributed by atoms with E-state index in [1.165, 1.54) is 65.6 Å². The number of benzene rings is 2. The van der Waals surface area contributed by atoms with Crippen molar-refractivity contribution < 1.29 is 19.0 Å². The standard InChI is InChI=1S/C31H43N5O4/c1-5-6-7-8-9-10-11-12-13-17-20-36-34-30(33-35-36)26(21-24-18-15-14-16-19-24)31(37)32-29-27(39-3)22-25(38-2)23-28(29)40-4/h14-16,18-19,21-23H,5-13,17,20H2,1-4H3,(H,32,37)/b26-21-. The largest absolute Gasteiger partial charge is 0.496 e. The Bertz CT molecular complexity index is 1180. The monoisotopic (exact) mass is 549 g/mol. The van der Waals surface area contributed by atoms with Gasteiger partial charge in [0, 0.05) is 12.1 Å². The predicted molar refractivity (Wildman–Crippen MR) is 159 cm³/mol. The highest BCUT2D eigenvalue weighted by Crippen LogP contribution is 2.39. The molecule has 9 heteroatoms. The fraction of sp³-hybridized carbons (Fsp3) is 0.484. The summed E-state index contributed by atoms with van der Waals surface area (Å²) >= 11 is 0. The zero-order chi connectivity index (χ0) is 28.6. The lowest BCUT2D eigenvalue weighted by molar-refractivity contribution is -0.111. The minimum atomic E-state index is -0.413. The number of tetrazole rings is 1. The van der Waals surface area contributed by atoms with E-state index in [4.69, 9.17) is 14.2 Å².